The summed E-state index contributed by atoms with van der Waals surface area (Å²) in [6.45, 7) is 9.31. The molecule has 0 aromatic rings. The van der Waals surface area contributed by atoms with Gasteiger partial charge >= 0.3 is 11.9 Å². The molecule has 61 heavy (non-hydrogen) atoms. The van der Waals surface area contributed by atoms with E-state index < -0.39 is 0 Å². The zero-order chi connectivity index (χ0) is 44.5. The van der Waals surface area contributed by atoms with Crippen LogP contribution in [-0.4, -0.2) is 69.7 Å². The third-order valence-electron chi connectivity index (χ3n) is 11.4. The summed E-state index contributed by atoms with van der Waals surface area (Å²) in [5, 5.41) is 0. The van der Waals surface area contributed by atoms with E-state index in [1.54, 1.807) is 0 Å². The number of nitrogens with zero attached hydrogens (tertiary/aromatic N) is 1. The minimum absolute atomic E-state index is 0.0352. The van der Waals surface area contributed by atoms with Crippen LogP contribution in [0.2, 0.25) is 0 Å². The third-order valence-corrected chi connectivity index (χ3v) is 11.4. The maximum Gasteiger partial charge on any atom is 0.306 e. The van der Waals surface area contributed by atoms with Crippen molar-refractivity contribution in [1.29, 1.82) is 0 Å². The molecule has 0 aromatic heterocycles. The molecule has 0 aliphatic rings. The highest BCUT2D eigenvalue weighted by Gasteiger charge is 2.15. The topological polar surface area (TPSA) is 74.3 Å². The fourth-order valence-electron chi connectivity index (χ4n) is 7.52. The van der Waals surface area contributed by atoms with Gasteiger partial charge < -0.3 is 23.8 Å². The smallest absolute Gasteiger partial charge is 0.306 e. The Labute approximate surface area is 379 Å². The van der Waals surface area contributed by atoms with Gasteiger partial charge in [0.1, 0.15) is 12.7 Å². The van der Waals surface area contributed by atoms with Gasteiger partial charge in [0, 0.05) is 12.8 Å². The number of hydrogen-bond donors (Lipinski definition) is 0. The van der Waals surface area contributed by atoms with E-state index in [0.717, 1.165) is 90.0 Å². The van der Waals surface area contributed by atoms with Gasteiger partial charge in [-0.1, -0.05) is 179 Å². The number of allylic oxidation sites excluding steroid dienone is 3. The van der Waals surface area contributed by atoms with Gasteiger partial charge in [-0.05, 0) is 111 Å². The first-order valence-electron chi connectivity index (χ1n) is 26.1. The predicted molar refractivity (Wildman–Crippen MR) is 261 cm³/mol. The zero-order valence-electron chi connectivity index (χ0n) is 41.1. The molecule has 0 heterocycles. The second-order valence-electron chi connectivity index (χ2n) is 17.8. The molecule has 1 unspecified atom stereocenters. The summed E-state index contributed by atoms with van der Waals surface area (Å²) in [5.74, 6) is -0.111. The van der Waals surface area contributed by atoms with E-state index in [1.807, 2.05) is 20.2 Å². The van der Waals surface area contributed by atoms with E-state index >= 15 is 0 Å². The van der Waals surface area contributed by atoms with Crippen molar-refractivity contribution < 1.29 is 28.5 Å². The Hall–Kier alpha value is -1.96. The third kappa shape index (κ3) is 47.4. The van der Waals surface area contributed by atoms with Crippen molar-refractivity contribution in [3.8, 4) is 0 Å². The van der Waals surface area contributed by atoms with Crippen LogP contribution in [0.5, 0.6) is 0 Å². The number of carbonyl (C=O) groups is 2. The van der Waals surface area contributed by atoms with Crippen LogP contribution in [0, 0.1) is 0 Å². The number of esters is 2. The molecule has 0 rings (SSSR count). The standard InChI is InChI=1S/C54H101NO6/c1-6-9-12-15-24-31-38-48-58-52(56)44-36-29-22-18-20-27-34-42-51(61-53(57)45-41-47-55(4)5)43-35-28-21-19-23-30-37-46-54(59-49-39-32-25-16-13-10-7-2)60-50-40-33-26-17-14-11-8-3/h31-33,38-40,51,54H,6-30,34-37,41-50H2,1-5H3. The summed E-state index contributed by atoms with van der Waals surface area (Å²) >= 11 is 0. The summed E-state index contributed by atoms with van der Waals surface area (Å²) in [5.41, 5.74) is 0. The Morgan fingerprint density at radius 2 is 0.820 bits per heavy atom. The van der Waals surface area contributed by atoms with Crippen molar-refractivity contribution >= 4 is 11.9 Å². The van der Waals surface area contributed by atoms with Gasteiger partial charge in [0.05, 0.1) is 13.2 Å². The number of unbranched alkanes of at least 4 members (excludes halogenated alkanes) is 24. The van der Waals surface area contributed by atoms with E-state index in [0.29, 0.717) is 32.7 Å². The summed E-state index contributed by atoms with van der Waals surface area (Å²) in [6.07, 6.45) is 52.6. The first-order chi connectivity index (χ1) is 29.9. The lowest BCUT2D eigenvalue weighted by Gasteiger charge is -2.19. The maximum absolute atomic E-state index is 12.7. The van der Waals surface area contributed by atoms with Crippen molar-refractivity contribution in [2.45, 2.75) is 258 Å². The quantitative estimate of drug-likeness (QED) is 0.0261. The van der Waals surface area contributed by atoms with Gasteiger partial charge in [0.15, 0.2) is 6.29 Å². The SMILES string of the molecule is CCCCCCC=CCOC(=O)CCCCCCCCCC(CCCCCCCCCC(OCC=CCCCCCC)OCC=CCCCCCC)OC(=O)CCCN(C)C. The van der Waals surface area contributed by atoms with Gasteiger partial charge in [-0.3, -0.25) is 9.59 Å². The number of ether oxygens (including phenoxy) is 4. The number of carbonyl (C=O) groups excluding carboxylic acids is 2. The fraction of sp³-hybridized carbons (Fsp3) is 0.852. The van der Waals surface area contributed by atoms with Gasteiger partial charge in [0.25, 0.3) is 0 Å². The molecule has 0 saturated heterocycles. The van der Waals surface area contributed by atoms with Crippen LogP contribution in [0.25, 0.3) is 0 Å². The molecule has 0 aliphatic heterocycles. The van der Waals surface area contributed by atoms with Crippen molar-refractivity contribution in [3.05, 3.63) is 36.5 Å². The molecule has 0 aliphatic carbocycles. The highest BCUT2D eigenvalue weighted by molar-refractivity contribution is 5.69. The molecular formula is C54H101NO6. The van der Waals surface area contributed by atoms with Gasteiger partial charge in [-0.2, -0.15) is 0 Å². The lowest BCUT2D eigenvalue weighted by atomic mass is 10.0. The molecule has 0 spiro atoms. The molecule has 0 aromatic carbocycles. The zero-order valence-corrected chi connectivity index (χ0v) is 41.1. The second-order valence-corrected chi connectivity index (χ2v) is 17.8. The molecule has 0 amide bonds. The van der Waals surface area contributed by atoms with Crippen LogP contribution in [0.15, 0.2) is 36.5 Å². The summed E-state index contributed by atoms with van der Waals surface area (Å²) in [6, 6.07) is 0. The molecule has 1 atom stereocenters. The molecule has 0 N–H and O–H groups in total. The van der Waals surface area contributed by atoms with Crippen molar-refractivity contribution in [2.24, 2.45) is 0 Å². The summed E-state index contributed by atoms with van der Waals surface area (Å²) in [4.78, 5) is 26.8. The highest BCUT2D eigenvalue weighted by atomic mass is 16.7. The normalized spacial score (nSPS) is 13.0. The monoisotopic (exact) mass is 860 g/mol. The minimum atomic E-state index is -0.137. The lowest BCUT2D eigenvalue weighted by Crippen LogP contribution is -2.20. The maximum atomic E-state index is 12.7. The Morgan fingerprint density at radius 1 is 0.426 bits per heavy atom. The van der Waals surface area contributed by atoms with E-state index in [9.17, 15) is 9.59 Å². The average Bonchev–Trinajstić information content (AvgIpc) is 3.24. The Morgan fingerprint density at radius 3 is 1.28 bits per heavy atom. The molecular weight excluding hydrogens is 759 g/mol. The summed E-state index contributed by atoms with van der Waals surface area (Å²) < 4.78 is 23.7. The molecule has 0 saturated carbocycles. The van der Waals surface area contributed by atoms with E-state index in [1.165, 1.54) is 128 Å². The van der Waals surface area contributed by atoms with Gasteiger partial charge in [-0.15, -0.1) is 0 Å². The Balaban J connectivity index is 4.38. The van der Waals surface area contributed by atoms with Crippen molar-refractivity contribution in [2.75, 3.05) is 40.5 Å². The van der Waals surface area contributed by atoms with Crippen LogP contribution < -0.4 is 0 Å². The van der Waals surface area contributed by atoms with Crippen LogP contribution in [0.3, 0.4) is 0 Å². The first kappa shape index (κ1) is 59.0. The largest absolute Gasteiger partial charge is 0.462 e. The van der Waals surface area contributed by atoms with E-state index in [2.05, 4.69) is 56.1 Å². The predicted octanol–water partition coefficient (Wildman–Crippen LogP) is 15.7. The lowest BCUT2D eigenvalue weighted by molar-refractivity contribution is -0.150. The van der Waals surface area contributed by atoms with Crippen LogP contribution >= 0.6 is 0 Å². The van der Waals surface area contributed by atoms with Crippen LogP contribution in [0.1, 0.15) is 245 Å². The highest BCUT2D eigenvalue weighted by Crippen LogP contribution is 2.19. The average molecular weight is 860 g/mol. The minimum Gasteiger partial charge on any atom is -0.462 e. The number of rotatable bonds is 48. The van der Waals surface area contributed by atoms with Crippen molar-refractivity contribution in [3.63, 3.8) is 0 Å². The Bertz CT molecular complexity index is 983. The first-order valence-corrected chi connectivity index (χ1v) is 26.1. The summed E-state index contributed by atoms with van der Waals surface area (Å²) in [7, 11) is 4.09. The molecule has 0 bridgehead atoms. The van der Waals surface area contributed by atoms with Gasteiger partial charge in [0.2, 0.25) is 0 Å². The number of hydrogen-bond acceptors (Lipinski definition) is 7. The van der Waals surface area contributed by atoms with Gasteiger partial charge in [-0.25, -0.2) is 0 Å². The van der Waals surface area contributed by atoms with E-state index in [-0.39, 0.29) is 24.3 Å². The van der Waals surface area contributed by atoms with Crippen LogP contribution in [-0.2, 0) is 28.5 Å². The van der Waals surface area contributed by atoms with Crippen LogP contribution in [0.4, 0.5) is 0 Å². The molecule has 7 heteroatoms. The molecule has 0 radical (unpaired) electrons. The molecule has 358 valence electrons. The molecule has 0 fully saturated rings. The van der Waals surface area contributed by atoms with Crippen molar-refractivity contribution in [1.82, 2.24) is 4.90 Å². The van der Waals surface area contributed by atoms with E-state index in [4.69, 9.17) is 18.9 Å². The molecule has 7 nitrogen and oxygen atoms in total. The Kier molecular flexibility index (Phi) is 47.5. The fourth-order valence-corrected chi connectivity index (χ4v) is 7.52. The second kappa shape index (κ2) is 49.1.